The molecule has 0 radical (unpaired) electrons. The fraction of sp³-hybridized carbons (Fsp3) is 0.769. The summed E-state index contributed by atoms with van der Waals surface area (Å²) >= 11 is 0. The van der Waals surface area contributed by atoms with Crippen molar-refractivity contribution in [1.29, 1.82) is 0 Å². The molecule has 0 fully saturated rings. The van der Waals surface area contributed by atoms with Gasteiger partial charge in [-0.15, -0.1) is 0 Å². The van der Waals surface area contributed by atoms with Gasteiger partial charge in [0.2, 0.25) is 0 Å². The summed E-state index contributed by atoms with van der Waals surface area (Å²) in [5.41, 5.74) is 0. The summed E-state index contributed by atoms with van der Waals surface area (Å²) in [5, 5.41) is 0. The monoisotopic (exact) mass is 546 g/mol. The average molecular weight is 547 g/mol. The van der Waals surface area contributed by atoms with Crippen molar-refractivity contribution in [2.24, 2.45) is 0 Å². The zero-order valence-electron chi connectivity index (χ0n) is 23.3. The molecule has 0 rings (SSSR count). The summed E-state index contributed by atoms with van der Waals surface area (Å²) in [6.45, 7) is 9.71. The minimum absolute atomic E-state index is 0.0746. The number of unbranched alkanes of at least 4 members (excludes halogenated alkanes) is 3. The lowest BCUT2D eigenvalue weighted by atomic mass is 10.2. The second-order valence-corrected chi connectivity index (χ2v) is 8.67. The zero-order chi connectivity index (χ0) is 29.1. The largest absolute Gasteiger partial charge is 0.463 e. The zero-order valence-corrected chi connectivity index (χ0v) is 23.3. The highest BCUT2D eigenvalue weighted by atomic mass is 16.6. The molecule has 0 N–H and O–H groups in total. The molecule has 0 aliphatic heterocycles. The van der Waals surface area contributed by atoms with Crippen molar-refractivity contribution in [3.05, 3.63) is 0 Å². The molecular weight excluding hydrogens is 504 g/mol. The first-order valence-electron chi connectivity index (χ1n) is 13.1. The third-order valence-corrected chi connectivity index (χ3v) is 5.03. The van der Waals surface area contributed by atoms with E-state index in [-0.39, 0.29) is 38.9 Å². The van der Waals surface area contributed by atoms with Crippen molar-refractivity contribution in [2.75, 3.05) is 13.2 Å². The standard InChI is InChI=1S/C26H42O12/c1-7-9-15-33-23(29)17(3)37-25(31)19(5)35-21(27)13-11-12-14-22(28)36-20(6)26(32)38-18(4)24(30)34-16-10-8-2/h17-20H,7-16H2,1-6H3/t17-,18+,19-,20-/m0/s1. The van der Waals surface area contributed by atoms with E-state index >= 15 is 0 Å². The predicted molar refractivity (Wildman–Crippen MR) is 132 cm³/mol. The van der Waals surface area contributed by atoms with E-state index in [0.717, 1.165) is 12.8 Å². The van der Waals surface area contributed by atoms with Crippen molar-refractivity contribution in [2.45, 2.75) is 117 Å². The van der Waals surface area contributed by atoms with Crippen molar-refractivity contribution in [1.82, 2.24) is 0 Å². The van der Waals surface area contributed by atoms with Crippen LogP contribution in [-0.2, 0) is 57.2 Å². The van der Waals surface area contributed by atoms with Crippen LogP contribution in [-0.4, -0.2) is 73.4 Å². The van der Waals surface area contributed by atoms with Crippen LogP contribution in [0.15, 0.2) is 0 Å². The van der Waals surface area contributed by atoms with E-state index < -0.39 is 60.2 Å². The quantitative estimate of drug-likeness (QED) is 0.133. The molecule has 12 heteroatoms. The highest BCUT2D eigenvalue weighted by Gasteiger charge is 2.27. The van der Waals surface area contributed by atoms with Crippen molar-refractivity contribution < 1.29 is 57.2 Å². The van der Waals surface area contributed by atoms with E-state index in [1.807, 2.05) is 13.8 Å². The molecule has 0 spiro atoms. The number of hydrogen-bond acceptors (Lipinski definition) is 12. The van der Waals surface area contributed by atoms with Gasteiger partial charge in [0, 0.05) is 12.8 Å². The highest BCUT2D eigenvalue weighted by Crippen LogP contribution is 2.09. The van der Waals surface area contributed by atoms with Gasteiger partial charge in [0.25, 0.3) is 0 Å². The van der Waals surface area contributed by atoms with Gasteiger partial charge >= 0.3 is 35.8 Å². The first kappa shape index (κ1) is 34.8. The molecule has 0 aromatic heterocycles. The maximum absolute atomic E-state index is 12.0. The Hall–Kier alpha value is -3.18. The molecule has 0 heterocycles. The Labute approximate surface area is 224 Å². The third-order valence-electron chi connectivity index (χ3n) is 5.03. The van der Waals surface area contributed by atoms with Crippen LogP contribution in [0.1, 0.15) is 92.9 Å². The Morgan fingerprint density at radius 1 is 0.474 bits per heavy atom. The normalized spacial score (nSPS) is 13.7. The molecule has 0 unspecified atom stereocenters. The smallest absolute Gasteiger partial charge is 0.347 e. The minimum Gasteiger partial charge on any atom is -0.463 e. The molecule has 4 atom stereocenters. The van der Waals surface area contributed by atoms with Crippen LogP contribution in [0.4, 0.5) is 0 Å². The minimum atomic E-state index is -1.23. The summed E-state index contributed by atoms with van der Waals surface area (Å²) in [6, 6.07) is 0. The first-order valence-corrected chi connectivity index (χ1v) is 13.1. The highest BCUT2D eigenvalue weighted by molar-refractivity contribution is 5.83. The second-order valence-electron chi connectivity index (χ2n) is 8.67. The molecule has 0 bridgehead atoms. The SMILES string of the molecule is CCCCOC(=O)[C@H](C)OC(=O)[C@H](C)OC(=O)CCCCC(=O)O[C@@H](C)C(=O)O[C@H](C)C(=O)OCCCC. The van der Waals surface area contributed by atoms with E-state index in [4.69, 9.17) is 28.4 Å². The van der Waals surface area contributed by atoms with Crippen LogP contribution in [0.3, 0.4) is 0 Å². The van der Waals surface area contributed by atoms with Gasteiger partial charge in [0.05, 0.1) is 13.2 Å². The molecule has 0 aliphatic rings. The molecule has 0 aromatic rings. The predicted octanol–water partition coefficient (Wildman–Crippen LogP) is 2.96. The summed E-state index contributed by atoms with van der Waals surface area (Å²) in [6.07, 6.45) is -1.26. The van der Waals surface area contributed by atoms with Gasteiger partial charge in [-0.25, -0.2) is 19.2 Å². The van der Waals surface area contributed by atoms with Crippen molar-refractivity contribution in [3.63, 3.8) is 0 Å². The van der Waals surface area contributed by atoms with E-state index in [2.05, 4.69) is 0 Å². The van der Waals surface area contributed by atoms with Crippen LogP contribution in [0.25, 0.3) is 0 Å². The van der Waals surface area contributed by atoms with Gasteiger partial charge in [-0.3, -0.25) is 9.59 Å². The average Bonchev–Trinajstić information content (AvgIpc) is 2.86. The molecule has 0 saturated carbocycles. The molecule has 12 nitrogen and oxygen atoms in total. The Morgan fingerprint density at radius 3 is 1.11 bits per heavy atom. The van der Waals surface area contributed by atoms with E-state index in [9.17, 15) is 28.8 Å². The lowest BCUT2D eigenvalue weighted by Gasteiger charge is -2.17. The Kier molecular flexibility index (Phi) is 18.2. The van der Waals surface area contributed by atoms with Crippen LogP contribution in [0.5, 0.6) is 0 Å². The lowest BCUT2D eigenvalue weighted by molar-refractivity contribution is -0.177. The lowest BCUT2D eigenvalue weighted by Crippen LogP contribution is -2.33. The fourth-order valence-electron chi connectivity index (χ4n) is 2.65. The van der Waals surface area contributed by atoms with Crippen molar-refractivity contribution in [3.8, 4) is 0 Å². The fourth-order valence-corrected chi connectivity index (χ4v) is 2.65. The molecule has 38 heavy (non-hydrogen) atoms. The van der Waals surface area contributed by atoms with Crippen LogP contribution >= 0.6 is 0 Å². The third kappa shape index (κ3) is 15.8. The number of hydrogen-bond donors (Lipinski definition) is 0. The molecule has 0 saturated heterocycles. The number of carbonyl (C=O) groups is 6. The van der Waals surface area contributed by atoms with E-state index in [1.54, 1.807) is 0 Å². The molecule has 218 valence electrons. The van der Waals surface area contributed by atoms with Gasteiger partial charge < -0.3 is 28.4 Å². The van der Waals surface area contributed by atoms with Gasteiger partial charge in [0.1, 0.15) is 0 Å². The molecule has 0 aromatic carbocycles. The van der Waals surface area contributed by atoms with Crippen LogP contribution < -0.4 is 0 Å². The number of esters is 6. The van der Waals surface area contributed by atoms with Gasteiger partial charge in [-0.2, -0.15) is 0 Å². The summed E-state index contributed by atoms with van der Waals surface area (Å²) in [5.74, 6) is -4.49. The van der Waals surface area contributed by atoms with Crippen molar-refractivity contribution >= 4 is 35.8 Å². The maximum Gasteiger partial charge on any atom is 0.347 e. The summed E-state index contributed by atoms with van der Waals surface area (Å²) < 4.78 is 29.9. The Bertz CT molecular complexity index is 714. The van der Waals surface area contributed by atoms with Gasteiger partial charge in [-0.1, -0.05) is 26.7 Å². The van der Waals surface area contributed by atoms with Gasteiger partial charge in [0.15, 0.2) is 24.4 Å². The molecule has 0 aliphatic carbocycles. The van der Waals surface area contributed by atoms with Gasteiger partial charge in [-0.05, 0) is 53.4 Å². The summed E-state index contributed by atoms with van der Waals surface area (Å²) in [7, 11) is 0. The number of ether oxygens (including phenoxy) is 6. The summed E-state index contributed by atoms with van der Waals surface area (Å²) in [4.78, 5) is 71.5. The molecule has 0 amide bonds. The second kappa shape index (κ2) is 19.9. The first-order chi connectivity index (χ1) is 17.9. The maximum atomic E-state index is 12.0. The topological polar surface area (TPSA) is 158 Å². The van der Waals surface area contributed by atoms with E-state index in [1.165, 1.54) is 27.7 Å². The number of rotatable bonds is 19. The van der Waals surface area contributed by atoms with Crippen LogP contribution in [0.2, 0.25) is 0 Å². The number of carbonyl (C=O) groups excluding carboxylic acids is 6. The van der Waals surface area contributed by atoms with E-state index in [0.29, 0.717) is 12.8 Å². The Morgan fingerprint density at radius 2 is 0.789 bits per heavy atom. The Balaban J connectivity index is 4.21. The van der Waals surface area contributed by atoms with Crippen LogP contribution in [0, 0.1) is 0 Å². The molecular formula is C26H42O12.